The Kier molecular flexibility index (Phi) is 11.0. The maximum absolute atomic E-state index is 13.3. The molecule has 0 aliphatic rings. The average molecular weight is 390 g/mol. The lowest BCUT2D eigenvalue weighted by Crippen LogP contribution is -2.57. The molecule has 0 fully saturated rings. The van der Waals surface area contributed by atoms with Gasteiger partial charge in [0.2, 0.25) is 0 Å². The fourth-order valence-electron chi connectivity index (χ4n) is 2.41. The van der Waals surface area contributed by atoms with Gasteiger partial charge >= 0.3 is 23.7 Å². The van der Waals surface area contributed by atoms with E-state index in [0.29, 0.717) is 6.42 Å². The second-order valence-corrected chi connectivity index (χ2v) is 6.43. The van der Waals surface area contributed by atoms with Crippen LogP contribution in [0.3, 0.4) is 0 Å². The van der Waals surface area contributed by atoms with Crippen molar-refractivity contribution in [2.75, 3.05) is 0 Å². The number of halogens is 6. The van der Waals surface area contributed by atoms with Crippen molar-refractivity contribution in [1.29, 1.82) is 0 Å². The van der Waals surface area contributed by atoms with Gasteiger partial charge in [0.1, 0.15) is 0 Å². The number of alkyl halides is 6. The van der Waals surface area contributed by atoms with Gasteiger partial charge in [0, 0.05) is 6.42 Å². The third kappa shape index (κ3) is 7.58. The molecule has 0 aromatic rings. The molecule has 0 amide bonds. The smallest absolute Gasteiger partial charge is 0.410 e. The first-order valence-corrected chi connectivity index (χ1v) is 9.02. The van der Waals surface area contributed by atoms with Gasteiger partial charge in [-0.25, -0.2) is 4.79 Å². The zero-order chi connectivity index (χ0) is 20.3. The standard InChI is InChI=1S/C18H28F6O2/c1-2-3-4-5-6-7-8-9-10-11-12-13-14-16(19,20)18(23,24)17(21,22)15(25)26/h9-10H,2-8,11-14H2,1H3,(H,25,26)/b10-9-. The van der Waals surface area contributed by atoms with Crippen molar-refractivity contribution in [1.82, 2.24) is 0 Å². The number of allylic oxidation sites excluding steroid dienone is 2. The van der Waals surface area contributed by atoms with Crippen molar-refractivity contribution in [3.8, 4) is 0 Å². The fraction of sp³-hybridized carbons (Fsp3) is 0.833. The highest BCUT2D eigenvalue weighted by Gasteiger charge is 2.74. The Morgan fingerprint density at radius 3 is 1.77 bits per heavy atom. The minimum atomic E-state index is -5.93. The van der Waals surface area contributed by atoms with Crippen LogP contribution >= 0.6 is 0 Å². The van der Waals surface area contributed by atoms with E-state index in [0.717, 1.165) is 19.3 Å². The lowest BCUT2D eigenvalue weighted by molar-refractivity contribution is -0.305. The van der Waals surface area contributed by atoms with Crippen LogP contribution in [0, 0.1) is 0 Å². The molecule has 0 unspecified atom stereocenters. The van der Waals surface area contributed by atoms with Gasteiger partial charge in [0.25, 0.3) is 0 Å². The maximum Gasteiger partial charge on any atom is 0.410 e. The molecule has 0 rings (SSSR count). The van der Waals surface area contributed by atoms with E-state index in [4.69, 9.17) is 5.11 Å². The van der Waals surface area contributed by atoms with Crippen LogP contribution in [0.15, 0.2) is 12.2 Å². The van der Waals surface area contributed by atoms with E-state index in [-0.39, 0.29) is 6.42 Å². The zero-order valence-corrected chi connectivity index (χ0v) is 15.1. The first-order valence-electron chi connectivity index (χ1n) is 9.02. The lowest BCUT2D eigenvalue weighted by Gasteiger charge is -2.30. The van der Waals surface area contributed by atoms with Gasteiger partial charge in [0.05, 0.1) is 0 Å². The number of aliphatic carboxylic acids is 1. The predicted octanol–water partition coefficient (Wildman–Crippen LogP) is 6.84. The average Bonchev–Trinajstić information content (AvgIpc) is 2.55. The van der Waals surface area contributed by atoms with Crippen molar-refractivity contribution in [2.24, 2.45) is 0 Å². The molecule has 8 heteroatoms. The van der Waals surface area contributed by atoms with E-state index in [1.54, 1.807) is 6.08 Å². The summed E-state index contributed by atoms with van der Waals surface area (Å²) >= 11 is 0. The number of hydrogen-bond acceptors (Lipinski definition) is 1. The molecule has 0 radical (unpaired) electrons. The molecule has 0 bridgehead atoms. The van der Waals surface area contributed by atoms with Gasteiger partial charge < -0.3 is 5.11 Å². The Bertz CT molecular complexity index is 435. The van der Waals surface area contributed by atoms with E-state index >= 15 is 0 Å². The summed E-state index contributed by atoms with van der Waals surface area (Å²) in [7, 11) is 0. The summed E-state index contributed by atoms with van der Waals surface area (Å²) in [4.78, 5) is 10.1. The SMILES string of the molecule is CCCCCCCC/C=C\CCCCC(F)(F)C(F)(F)C(F)(F)C(=O)O. The number of carbonyl (C=O) groups is 1. The predicted molar refractivity (Wildman–Crippen MR) is 88.1 cm³/mol. The molecule has 1 N–H and O–H groups in total. The Morgan fingerprint density at radius 1 is 0.808 bits per heavy atom. The summed E-state index contributed by atoms with van der Waals surface area (Å²) in [5.41, 5.74) is 0. The largest absolute Gasteiger partial charge is 0.477 e. The number of rotatable bonds is 15. The van der Waals surface area contributed by atoms with Gasteiger partial charge in [-0.3, -0.25) is 0 Å². The molecule has 0 aliphatic heterocycles. The fourth-order valence-corrected chi connectivity index (χ4v) is 2.41. The number of carboxylic acid groups (broad SMARTS) is 1. The van der Waals surface area contributed by atoms with E-state index in [2.05, 4.69) is 6.92 Å². The topological polar surface area (TPSA) is 37.3 Å². The summed E-state index contributed by atoms with van der Waals surface area (Å²) in [6.45, 7) is 2.14. The van der Waals surface area contributed by atoms with E-state index in [1.165, 1.54) is 25.7 Å². The first-order chi connectivity index (χ1) is 12.0. The molecule has 26 heavy (non-hydrogen) atoms. The molecule has 2 nitrogen and oxygen atoms in total. The molecule has 0 saturated heterocycles. The quantitative estimate of drug-likeness (QED) is 0.189. The summed E-state index contributed by atoms with van der Waals surface area (Å²) in [6.07, 6.45) is 10.0. The zero-order valence-electron chi connectivity index (χ0n) is 15.1. The minimum Gasteiger partial charge on any atom is -0.477 e. The van der Waals surface area contributed by atoms with Gasteiger partial charge in [-0.2, -0.15) is 26.3 Å². The van der Waals surface area contributed by atoms with Crippen LogP contribution in [0.5, 0.6) is 0 Å². The summed E-state index contributed by atoms with van der Waals surface area (Å²) in [5.74, 6) is -20.1. The van der Waals surface area contributed by atoms with Crippen LogP contribution in [-0.2, 0) is 4.79 Å². The molecule has 0 aliphatic carbocycles. The Balaban J connectivity index is 4.05. The molecule has 0 aromatic carbocycles. The molecule has 154 valence electrons. The van der Waals surface area contributed by atoms with Crippen molar-refractivity contribution >= 4 is 5.97 Å². The van der Waals surface area contributed by atoms with E-state index in [1.807, 2.05) is 6.08 Å². The third-order valence-electron chi connectivity index (χ3n) is 4.12. The van der Waals surface area contributed by atoms with Crippen LogP contribution in [0.2, 0.25) is 0 Å². The summed E-state index contributed by atoms with van der Waals surface area (Å²) in [5, 5.41) is 8.04. The van der Waals surface area contributed by atoms with Crippen LogP contribution < -0.4 is 0 Å². The first kappa shape index (κ1) is 24.8. The van der Waals surface area contributed by atoms with E-state index < -0.39 is 36.6 Å². The van der Waals surface area contributed by atoms with Crippen LogP contribution in [0.25, 0.3) is 0 Å². The van der Waals surface area contributed by atoms with Crippen molar-refractivity contribution in [2.45, 2.75) is 95.3 Å². The maximum atomic E-state index is 13.3. The molecule has 0 spiro atoms. The lowest BCUT2D eigenvalue weighted by atomic mass is 9.98. The van der Waals surface area contributed by atoms with Crippen LogP contribution in [0.1, 0.15) is 77.6 Å². The Morgan fingerprint density at radius 2 is 1.27 bits per heavy atom. The molecular weight excluding hydrogens is 362 g/mol. The van der Waals surface area contributed by atoms with Crippen LogP contribution in [-0.4, -0.2) is 28.8 Å². The highest BCUT2D eigenvalue weighted by atomic mass is 19.3. The highest BCUT2D eigenvalue weighted by Crippen LogP contribution is 2.48. The van der Waals surface area contributed by atoms with Crippen molar-refractivity contribution in [3.63, 3.8) is 0 Å². The molecule has 0 atom stereocenters. The van der Waals surface area contributed by atoms with Crippen molar-refractivity contribution in [3.05, 3.63) is 12.2 Å². The number of unbranched alkanes of at least 4 members (excludes halogenated alkanes) is 8. The second-order valence-electron chi connectivity index (χ2n) is 6.43. The normalized spacial score (nSPS) is 13.5. The van der Waals surface area contributed by atoms with Gasteiger partial charge in [0.15, 0.2) is 0 Å². The van der Waals surface area contributed by atoms with Crippen LogP contribution in [0.4, 0.5) is 26.3 Å². The monoisotopic (exact) mass is 390 g/mol. The summed E-state index contributed by atoms with van der Waals surface area (Å²) < 4.78 is 78.7. The van der Waals surface area contributed by atoms with Gasteiger partial charge in [-0.05, 0) is 32.1 Å². The second kappa shape index (κ2) is 11.5. The molecular formula is C18H28F6O2. The number of hydrogen-bond donors (Lipinski definition) is 1. The van der Waals surface area contributed by atoms with Gasteiger partial charge in [-0.15, -0.1) is 0 Å². The molecule has 0 aromatic heterocycles. The molecule has 0 saturated carbocycles. The van der Waals surface area contributed by atoms with Gasteiger partial charge in [-0.1, -0.05) is 51.2 Å². The third-order valence-corrected chi connectivity index (χ3v) is 4.12. The highest BCUT2D eigenvalue weighted by molar-refractivity contribution is 5.77. The molecule has 0 heterocycles. The number of carboxylic acids is 1. The summed E-state index contributed by atoms with van der Waals surface area (Å²) in [6, 6.07) is 0. The van der Waals surface area contributed by atoms with Crippen molar-refractivity contribution < 1.29 is 36.2 Å². The Labute approximate surface area is 150 Å². The minimum absolute atomic E-state index is 0.136. The van der Waals surface area contributed by atoms with E-state index in [9.17, 15) is 31.1 Å². The Hall–Kier alpha value is -1.21.